The third-order valence-corrected chi connectivity index (χ3v) is 3.94. The number of aliphatic imine (C=N–C) groups is 1. The molecule has 20 heavy (non-hydrogen) atoms. The van der Waals surface area contributed by atoms with Crippen LogP contribution in [0.2, 0.25) is 0 Å². The Morgan fingerprint density at radius 3 is 2.95 bits per heavy atom. The fraction of sp³-hybridized carbons (Fsp3) is 0.438. The van der Waals surface area contributed by atoms with Crippen LogP contribution in [0.15, 0.2) is 17.1 Å². The maximum atomic E-state index is 12.4. The first kappa shape index (κ1) is 13.0. The Labute approximate surface area is 117 Å². The lowest BCUT2D eigenvalue weighted by Gasteiger charge is -2.23. The highest BCUT2D eigenvalue weighted by atomic mass is 16.5. The van der Waals surface area contributed by atoms with Gasteiger partial charge in [-0.2, -0.15) is 0 Å². The topological polar surface area (TPSA) is 55.7 Å². The molecule has 2 aliphatic rings. The fourth-order valence-corrected chi connectivity index (χ4v) is 2.94. The number of aryl methyl sites for hydroxylation is 1. The second-order valence-electron chi connectivity index (χ2n) is 5.18. The third-order valence-electron chi connectivity index (χ3n) is 3.94. The summed E-state index contributed by atoms with van der Waals surface area (Å²) < 4.78 is 4.93. The number of esters is 1. The molecule has 104 valence electrons. The van der Waals surface area contributed by atoms with E-state index in [-0.39, 0.29) is 12.4 Å². The Hall–Kier alpha value is -1.97. The van der Waals surface area contributed by atoms with Crippen LogP contribution < -0.4 is 0 Å². The predicted octanol–water partition coefficient (Wildman–Crippen LogP) is 2.64. The molecule has 0 N–H and O–H groups in total. The molecular weight excluding hydrogens is 254 g/mol. The number of carbonyl (C=O) groups excluding carboxylic acids is 2. The van der Waals surface area contributed by atoms with Gasteiger partial charge in [0.15, 0.2) is 11.7 Å². The monoisotopic (exact) mass is 271 g/mol. The van der Waals surface area contributed by atoms with Gasteiger partial charge in [-0.25, -0.2) is 0 Å². The van der Waals surface area contributed by atoms with Gasteiger partial charge in [0.1, 0.15) is 0 Å². The first-order valence-corrected chi connectivity index (χ1v) is 7.12. The highest BCUT2D eigenvalue weighted by Gasteiger charge is 2.33. The minimum Gasteiger partial charge on any atom is -0.465 e. The lowest BCUT2D eigenvalue weighted by molar-refractivity contribution is -0.143. The first-order valence-electron chi connectivity index (χ1n) is 7.12. The van der Waals surface area contributed by atoms with Crippen LogP contribution in [0.5, 0.6) is 0 Å². The summed E-state index contributed by atoms with van der Waals surface area (Å²) in [6, 6.07) is 3.82. The number of hydrogen-bond acceptors (Lipinski definition) is 4. The Morgan fingerprint density at radius 1 is 1.35 bits per heavy atom. The Kier molecular flexibility index (Phi) is 3.38. The summed E-state index contributed by atoms with van der Waals surface area (Å²) in [5.74, 6) is -1.59. The lowest BCUT2D eigenvalue weighted by Crippen LogP contribution is -2.30. The molecule has 0 bridgehead atoms. The minimum absolute atomic E-state index is 0.193. The molecule has 4 nitrogen and oxygen atoms in total. The molecule has 0 saturated heterocycles. The molecule has 3 rings (SSSR count). The summed E-state index contributed by atoms with van der Waals surface area (Å²) in [4.78, 5) is 28.6. The summed E-state index contributed by atoms with van der Waals surface area (Å²) in [5.41, 5.74) is 3.80. The molecule has 0 fully saturated rings. The van der Waals surface area contributed by atoms with Crippen LogP contribution in [0, 0.1) is 5.92 Å². The molecule has 4 heteroatoms. The molecule has 0 amide bonds. The summed E-state index contributed by atoms with van der Waals surface area (Å²) >= 11 is 0. The average molecular weight is 271 g/mol. The highest BCUT2D eigenvalue weighted by molar-refractivity contribution is 6.22. The second-order valence-corrected chi connectivity index (χ2v) is 5.18. The van der Waals surface area contributed by atoms with Gasteiger partial charge in [-0.05, 0) is 49.8 Å². The van der Waals surface area contributed by atoms with E-state index in [1.54, 1.807) is 6.92 Å². The zero-order valence-electron chi connectivity index (χ0n) is 11.5. The predicted molar refractivity (Wildman–Crippen MR) is 75.7 cm³/mol. The molecular formula is C16H17NO3. The number of fused-ring (bicyclic) bond motifs is 3. The van der Waals surface area contributed by atoms with Gasteiger partial charge < -0.3 is 4.74 Å². The van der Waals surface area contributed by atoms with Crippen LogP contribution in [0.3, 0.4) is 0 Å². The van der Waals surface area contributed by atoms with E-state index in [1.807, 2.05) is 12.1 Å². The number of ketones is 1. The Balaban J connectivity index is 2.00. The van der Waals surface area contributed by atoms with Crippen molar-refractivity contribution in [3.63, 3.8) is 0 Å². The van der Waals surface area contributed by atoms with Crippen molar-refractivity contribution < 1.29 is 14.3 Å². The normalized spacial score (nSPS) is 20.2. The maximum Gasteiger partial charge on any atom is 0.322 e. The fourth-order valence-electron chi connectivity index (χ4n) is 2.94. The summed E-state index contributed by atoms with van der Waals surface area (Å²) in [6.07, 6.45) is 5.78. The number of Topliss-reactive ketones (excluding diaryl/α,β-unsaturated/α-hetero) is 1. The van der Waals surface area contributed by atoms with Crippen molar-refractivity contribution in [3.05, 3.63) is 28.8 Å². The largest absolute Gasteiger partial charge is 0.465 e. The number of carbonyl (C=O) groups is 2. The van der Waals surface area contributed by atoms with Gasteiger partial charge in [0.05, 0.1) is 12.3 Å². The van der Waals surface area contributed by atoms with Gasteiger partial charge in [0.2, 0.25) is 0 Å². The number of nitrogens with zero attached hydrogens (tertiary/aromatic N) is 1. The van der Waals surface area contributed by atoms with Crippen LogP contribution in [0.25, 0.3) is 0 Å². The first-order chi connectivity index (χ1) is 9.72. The molecule has 1 aromatic rings. The SMILES string of the molecule is CCOC(=O)C1C=Nc2c(ccc3c2CCCC3)C1=O. The van der Waals surface area contributed by atoms with Gasteiger partial charge in [-0.1, -0.05) is 6.07 Å². The van der Waals surface area contributed by atoms with E-state index in [4.69, 9.17) is 4.74 Å². The van der Waals surface area contributed by atoms with Crippen LogP contribution in [0.4, 0.5) is 5.69 Å². The Bertz CT molecular complexity index is 604. The van der Waals surface area contributed by atoms with Crippen LogP contribution in [-0.2, 0) is 22.4 Å². The zero-order valence-corrected chi connectivity index (χ0v) is 11.5. The van der Waals surface area contributed by atoms with E-state index in [0.717, 1.165) is 24.9 Å². The van der Waals surface area contributed by atoms with Crippen molar-refractivity contribution in [2.75, 3.05) is 6.61 Å². The van der Waals surface area contributed by atoms with Crippen molar-refractivity contribution in [1.29, 1.82) is 0 Å². The van der Waals surface area contributed by atoms with Crippen molar-refractivity contribution in [1.82, 2.24) is 0 Å². The maximum absolute atomic E-state index is 12.4. The quantitative estimate of drug-likeness (QED) is 0.613. The van der Waals surface area contributed by atoms with Crippen LogP contribution >= 0.6 is 0 Å². The van der Waals surface area contributed by atoms with E-state index in [0.29, 0.717) is 5.56 Å². The summed E-state index contributed by atoms with van der Waals surface area (Å²) in [7, 11) is 0. The van der Waals surface area contributed by atoms with E-state index < -0.39 is 11.9 Å². The molecule has 0 radical (unpaired) electrons. The number of hydrogen-bond donors (Lipinski definition) is 0. The molecule has 1 atom stereocenters. The van der Waals surface area contributed by atoms with Gasteiger partial charge in [0, 0.05) is 11.8 Å². The lowest BCUT2D eigenvalue weighted by atomic mass is 9.85. The molecule has 1 aliphatic heterocycles. The molecule has 1 aromatic carbocycles. The molecule has 1 heterocycles. The van der Waals surface area contributed by atoms with Crippen LogP contribution in [-0.4, -0.2) is 24.6 Å². The molecule has 0 aromatic heterocycles. The van der Waals surface area contributed by atoms with E-state index in [9.17, 15) is 9.59 Å². The van der Waals surface area contributed by atoms with Gasteiger partial charge >= 0.3 is 5.97 Å². The van der Waals surface area contributed by atoms with Crippen molar-refractivity contribution in [2.24, 2.45) is 10.9 Å². The smallest absolute Gasteiger partial charge is 0.322 e. The van der Waals surface area contributed by atoms with Crippen molar-refractivity contribution in [3.8, 4) is 0 Å². The standard InChI is InChI=1S/C16H17NO3/c1-2-20-16(19)13-9-17-14-11-6-4-3-5-10(11)7-8-12(14)15(13)18/h7-9,13H,2-6H2,1H3. The van der Waals surface area contributed by atoms with Crippen LogP contribution in [0.1, 0.15) is 41.3 Å². The van der Waals surface area contributed by atoms with Gasteiger partial charge in [-0.15, -0.1) is 0 Å². The van der Waals surface area contributed by atoms with E-state index in [2.05, 4.69) is 4.99 Å². The second kappa shape index (κ2) is 5.19. The minimum atomic E-state index is -0.885. The number of ether oxygens (including phenoxy) is 1. The summed E-state index contributed by atoms with van der Waals surface area (Å²) in [6.45, 7) is 2.00. The van der Waals surface area contributed by atoms with Crippen molar-refractivity contribution >= 4 is 23.7 Å². The average Bonchev–Trinajstić information content (AvgIpc) is 2.47. The van der Waals surface area contributed by atoms with Gasteiger partial charge in [-0.3, -0.25) is 14.6 Å². The summed E-state index contributed by atoms with van der Waals surface area (Å²) in [5, 5.41) is 0. The van der Waals surface area contributed by atoms with E-state index in [1.165, 1.54) is 23.8 Å². The third kappa shape index (κ3) is 2.05. The van der Waals surface area contributed by atoms with E-state index >= 15 is 0 Å². The van der Waals surface area contributed by atoms with Crippen molar-refractivity contribution in [2.45, 2.75) is 32.6 Å². The molecule has 0 spiro atoms. The number of rotatable bonds is 2. The molecule has 1 unspecified atom stereocenters. The highest BCUT2D eigenvalue weighted by Crippen LogP contribution is 2.36. The zero-order chi connectivity index (χ0) is 14.1. The Morgan fingerprint density at radius 2 is 2.15 bits per heavy atom. The molecule has 1 aliphatic carbocycles. The molecule has 0 saturated carbocycles. The number of benzene rings is 1. The van der Waals surface area contributed by atoms with Gasteiger partial charge in [0.25, 0.3) is 0 Å².